The van der Waals surface area contributed by atoms with Gasteiger partial charge in [0, 0.05) is 11.4 Å². The van der Waals surface area contributed by atoms with Crippen LogP contribution in [0.1, 0.15) is 30.2 Å². The highest BCUT2D eigenvalue weighted by Crippen LogP contribution is 2.34. The summed E-state index contributed by atoms with van der Waals surface area (Å²) in [5.41, 5.74) is 2.23. The maximum Gasteiger partial charge on any atom is 0.263 e. The molecule has 0 bridgehead atoms. The number of nitrogens with zero attached hydrogens (tertiary/aromatic N) is 2. The van der Waals surface area contributed by atoms with E-state index < -0.39 is 0 Å². The zero-order chi connectivity index (χ0) is 15.7. The van der Waals surface area contributed by atoms with Crippen molar-refractivity contribution >= 4 is 33.3 Å². The largest absolute Gasteiger partial charge is 0.283 e. The van der Waals surface area contributed by atoms with Gasteiger partial charge in [-0.05, 0) is 38.2 Å². The average Bonchev–Trinajstić information content (AvgIpc) is 2.86. The van der Waals surface area contributed by atoms with Crippen molar-refractivity contribution in [3.63, 3.8) is 0 Å². The van der Waals surface area contributed by atoms with Gasteiger partial charge in [-0.2, -0.15) is 0 Å². The van der Waals surface area contributed by atoms with E-state index in [4.69, 9.17) is 11.4 Å². The second-order valence-corrected chi connectivity index (χ2v) is 7.65. The van der Waals surface area contributed by atoms with Gasteiger partial charge in [-0.25, -0.2) is 4.98 Å². The van der Waals surface area contributed by atoms with Crippen LogP contribution in [0.3, 0.4) is 0 Å². The van der Waals surface area contributed by atoms with E-state index in [-0.39, 0.29) is 5.56 Å². The number of thioether (sulfide) groups is 1. The van der Waals surface area contributed by atoms with Gasteiger partial charge in [0.25, 0.3) is 5.56 Å². The van der Waals surface area contributed by atoms with E-state index in [0.29, 0.717) is 17.5 Å². The molecule has 1 aliphatic carbocycles. The van der Waals surface area contributed by atoms with Gasteiger partial charge in [0.15, 0.2) is 5.16 Å². The van der Waals surface area contributed by atoms with E-state index in [1.165, 1.54) is 28.6 Å². The van der Waals surface area contributed by atoms with Crippen molar-refractivity contribution < 1.29 is 0 Å². The van der Waals surface area contributed by atoms with Crippen LogP contribution in [-0.2, 0) is 19.4 Å². The second kappa shape index (κ2) is 6.31. The fourth-order valence-electron chi connectivity index (χ4n) is 2.85. The molecule has 22 heavy (non-hydrogen) atoms. The van der Waals surface area contributed by atoms with Gasteiger partial charge in [0.2, 0.25) is 0 Å². The molecule has 0 fully saturated rings. The van der Waals surface area contributed by atoms with Crippen LogP contribution in [-0.4, -0.2) is 15.3 Å². The molecular formula is C17H18N2OS2. The first-order valence-electron chi connectivity index (χ1n) is 7.37. The molecule has 2 aromatic heterocycles. The minimum atomic E-state index is 0.0620. The molecule has 114 valence electrons. The quantitative estimate of drug-likeness (QED) is 0.371. The zero-order valence-electron chi connectivity index (χ0n) is 12.6. The number of hydrogen-bond donors (Lipinski definition) is 0. The molecule has 0 saturated heterocycles. The summed E-state index contributed by atoms with van der Waals surface area (Å²) in [6.07, 6.45) is 9.79. The van der Waals surface area contributed by atoms with Crippen molar-refractivity contribution in [3.05, 3.63) is 32.9 Å². The summed E-state index contributed by atoms with van der Waals surface area (Å²) in [6.45, 7) is 6.36. The molecule has 0 amide bonds. The number of allylic oxidation sites excluding steroid dienone is 1. The van der Waals surface area contributed by atoms with Gasteiger partial charge in [-0.15, -0.1) is 17.8 Å². The summed E-state index contributed by atoms with van der Waals surface area (Å²) in [6, 6.07) is 0. The van der Waals surface area contributed by atoms with Crippen molar-refractivity contribution in [3.8, 4) is 12.3 Å². The highest BCUT2D eigenvalue weighted by atomic mass is 32.2. The first-order chi connectivity index (χ1) is 10.6. The van der Waals surface area contributed by atoms with Crippen LogP contribution >= 0.6 is 23.1 Å². The Hall–Kier alpha value is -1.51. The molecule has 3 nitrogen and oxygen atoms in total. The monoisotopic (exact) mass is 330 g/mol. The number of aryl methyl sites for hydroxylation is 2. The Morgan fingerprint density at radius 3 is 3.00 bits per heavy atom. The van der Waals surface area contributed by atoms with Crippen molar-refractivity contribution in [1.82, 2.24) is 9.55 Å². The standard InChI is InChI=1S/C17H18N2OS2/c1-4-9-21-17-18-15-14(16(20)19(17)10-11(2)3)12-7-5-6-8-13(12)22-15/h1H,2,5-10H2,3H3. The molecule has 0 unspecified atom stereocenters. The fourth-order valence-corrected chi connectivity index (χ4v) is 4.83. The fraction of sp³-hybridized carbons (Fsp3) is 0.412. The summed E-state index contributed by atoms with van der Waals surface area (Å²) in [5.74, 6) is 3.11. The van der Waals surface area contributed by atoms with Gasteiger partial charge in [-0.3, -0.25) is 9.36 Å². The minimum Gasteiger partial charge on any atom is -0.283 e. The molecule has 0 aromatic carbocycles. The summed E-state index contributed by atoms with van der Waals surface area (Å²) in [5, 5.41) is 1.53. The summed E-state index contributed by atoms with van der Waals surface area (Å²) >= 11 is 3.12. The first kappa shape index (κ1) is 15.4. The Kier molecular flexibility index (Phi) is 4.42. The van der Waals surface area contributed by atoms with Crippen LogP contribution in [0.15, 0.2) is 22.1 Å². The Morgan fingerprint density at radius 1 is 1.50 bits per heavy atom. The third-order valence-corrected chi connectivity index (χ3v) is 5.82. The molecule has 2 aromatic rings. The van der Waals surface area contributed by atoms with Crippen LogP contribution in [0, 0.1) is 12.3 Å². The van der Waals surface area contributed by atoms with Crippen LogP contribution in [0.5, 0.6) is 0 Å². The van der Waals surface area contributed by atoms with Gasteiger partial charge >= 0.3 is 0 Å². The van der Waals surface area contributed by atoms with E-state index in [9.17, 15) is 4.79 Å². The third-order valence-electron chi connectivity index (χ3n) is 3.75. The Morgan fingerprint density at radius 2 is 2.27 bits per heavy atom. The number of hydrogen-bond acceptors (Lipinski definition) is 4. The molecule has 0 saturated carbocycles. The van der Waals surface area contributed by atoms with Crippen LogP contribution in [0.4, 0.5) is 0 Å². The van der Waals surface area contributed by atoms with Gasteiger partial charge in [-0.1, -0.05) is 29.8 Å². The topological polar surface area (TPSA) is 34.9 Å². The highest BCUT2D eigenvalue weighted by molar-refractivity contribution is 7.99. The lowest BCUT2D eigenvalue weighted by Crippen LogP contribution is -2.24. The van der Waals surface area contributed by atoms with E-state index >= 15 is 0 Å². The Bertz CT molecular complexity index is 839. The average molecular weight is 330 g/mol. The van der Waals surface area contributed by atoms with E-state index in [2.05, 4.69) is 12.5 Å². The first-order valence-corrected chi connectivity index (χ1v) is 9.17. The maximum absolute atomic E-state index is 13.0. The van der Waals surface area contributed by atoms with Gasteiger partial charge in [0.05, 0.1) is 11.1 Å². The number of rotatable bonds is 4. The lowest BCUT2D eigenvalue weighted by molar-refractivity contribution is 0.650. The van der Waals surface area contributed by atoms with Crippen LogP contribution < -0.4 is 5.56 Å². The van der Waals surface area contributed by atoms with Crippen molar-refractivity contribution in [2.24, 2.45) is 0 Å². The Balaban J connectivity index is 2.23. The third kappa shape index (κ3) is 2.73. The van der Waals surface area contributed by atoms with Gasteiger partial charge < -0.3 is 0 Å². The molecule has 0 spiro atoms. The number of terminal acetylenes is 1. The second-order valence-electron chi connectivity index (χ2n) is 5.63. The van der Waals surface area contributed by atoms with E-state index in [1.54, 1.807) is 15.9 Å². The molecule has 0 atom stereocenters. The molecular weight excluding hydrogens is 312 g/mol. The summed E-state index contributed by atoms with van der Waals surface area (Å²) < 4.78 is 1.73. The highest BCUT2D eigenvalue weighted by Gasteiger charge is 2.22. The number of fused-ring (bicyclic) bond motifs is 3. The molecule has 2 heterocycles. The molecule has 0 aliphatic heterocycles. The molecule has 0 radical (unpaired) electrons. The number of thiophene rings is 1. The maximum atomic E-state index is 13.0. The molecule has 1 aliphatic rings. The van der Waals surface area contributed by atoms with Crippen LogP contribution in [0.2, 0.25) is 0 Å². The van der Waals surface area contributed by atoms with Gasteiger partial charge in [0.1, 0.15) is 4.83 Å². The molecule has 5 heteroatoms. The predicted octanol–water partition coefficient (Wildman–Crippen LogP) is 3.64. The van der Waals surface area contributed by atoms with Crippen molar-refractivity contribution in [2.45, 2.75) is 44.3 Å². The summed E-state index contributed by atoms with van der Waals surface area (Å²) in [4.78, 5) is 20.0. The summed E-state index contributed by atoms with van der Waals surface area (Å²) in [7, 11) is 0. The van der Waals surface area contributed by atoms with E-state index in [0.717, 1.165) is 35.1 Å². The molecule has 3 rings (SSSR count). The zero-order valence-corrected chi connectivity index (χ0v) is 14.3. The lowest BCUT2D eigenvalue weighted by atomic mass is 9.97. The smallest absolute Gasteiger partial charge is 0.263 e. The minimum absolute atomic E-state index is 0.0620. The van der Waals surface area contributed by atoms with E-state index in [1.807, 2.05) is 6.92 Å². The van der Waals surface area contributed by atoms with Crippen molar-refractivity contribution in [1.29, 1.82) is 0 Å². The van der Waals surface area contributed by atoms with Crippen molar-refractivity contribution in [2.75, 3.05) is 5.75 Å². The van der Waals surface area contributed by atoms with Crippen LogP contribution in [0.25, 0.3) is 10.2 Å². The normalized spacial score (nSPS) is 13.8. The lowest BCUT2D eigenvalue weighted by Gasteiger charge is -2.13. The Labute approximate surface area is 138 Å². The predicted molar refractivity (Wildman–Crippen MR) is 94.9 cm³/mol. The SMILES string of the molecule is C#CCSc1nc2sc3c(c2c(=O)n1CC(=C)C)CCCC3. The number of aromatic nitrogens is 2. The molecule has 0 N–H and O–H groups in total.